The molecule has 2 rings (SSSR count). The van der Waals surface area contributed by atoms with Crippen LogP contribution in [0.25, 0.3) is 11.1 Å². The van der Waals surface area contributed by atoms with Crippen molar-refractivity contribution in [3.8, 4) is 16.9 Å². The number of aromatic hydroxyl groups is 1. The summed E-state index contributed by atoms with van der Waals surface area (Å²) in [6, 6.07) is 6.96. The van der Waals surface area contributed by atoms with Gasteiger partial charge in [-0.3, -0.25) is 10.1 Å². The van der Waals surface area contributed by atoms with Crippen LogP contribution in [0.2, 0.25) is 0 Å². The first-order valence-electron chi connectivity index (χ1n) is 5.41. The molecular weight excluding hydrogens is 269 g/mol. The fourth-order valence-corrected chi connectivity index (χ4v) is 1.72. The summed E-state index contributed by atoms with van der Waals surface area (Å²) in [5, 5.41) is 28.8. The highest BCUT2D eigenvalue weighted by Crippen LogP contribution is 2.31. The largest absolute Gasteiger partial charge is 0.502 e. The Labute approximate surface area is 111 Å². The summed E-state index contributed by atoms with van der Waals surface area (Å²) in [6.07, 6.45) is 0. The van der Waals surface area contributed by atoms with E-state index in [-0.39, 0.29) is 5.56 Å². The number of carbonyl (C=O) groups is 1. The molecule has 0 aliphatic carbocycles. The Kier molecular flexibility index (Phi) is 3.34. The second-order valence-corrected chi connectivity index (χ2v) is 3.96. The number of hydrogen-bond acceptors (Lipinski definition) is 4. The smallest absolute Gasteiger partial charge is 0.338 e. The van der Waals surface area contributed by atoms with Gasteiger partial charge in [-0.15, -0.1) is 0 Å². The number of benzene rings is 2. The maximum atomic E-state index is 13.6. The number of hydrogen-bond donors (Lipinski definition) is 2. The number of carboxylic acids is 1. The van der Waals surface area contributed by atoms with Gasteiger partial charge in [0.1, 0.15) is 5.82 Å². The van der Waals surface area contributed by atoms with Crippen LogP contribution < -0.4 is 0 Å². The highest BCUT2D eigenvalue weighted by atomic mass is 19.1. The van der Waals surface area contributed by atoms with Crippen molar-refractivity contribution in [2.45, 2.75) is 0 Å². The van der Waals surface area contributed by atoms with Gasteiger partial charge < -0.3 is 10.2 Å². The zero-order valence-corrected chi connectivity index (χ0v) is 9.91. The zero-order valence-electron chi connectivity index (χ0n) is 9.91. The molecule has 0 fully saturated rings. The fourth-order valence-electron chi connectivity index (χ4n) is 1.72. The van der Waals surface area contributed by atoms with E-state index in [1.54, 1.807) is 0 Å². The van der Waals surface area contributed by atoms with E-state index in [9.17, 15) is 24.4 Å². The van der Waals surface area contributed by atoms with Gasteiger partial charge in [-0.25, -0.2) is 9.18 Å². The van der Waals surface area contributed by atoms with Gasteiger partial charge in [0, 0.05) is 6.07 Å². The van der Waals surface area contributed by atoms with E-state index in [0.29, 0.717) is 5.56 Å². The maximum absolute atomic E-state index is 13.6. The van der Waals surface area contributed by atoms with E-state index in [2.05, 4.69) is 0 Å². The van der Waals surface area contributed by atoms with E-state index in [0.717, 1.165) is 24.3 Å². The molecule has 0 radical (unpaired) electrons. The normalized spacial score (nSPS) is 10.2. The van der Waals surface area contributed by atoms with E-state index in [1.165, 1.54) is 12.1 Å². The number of nitrogens with zero attached hydrogens (tertiary/aromatic N) is 1. The molecule has 0 unspecified atom stereocenters. The molecule has 0 heterocycles. The molecule has 102 valence electrons. The molecule has 0 aromatic heterocycles. The van der Waals surface area contributed by atoms with Crippen LogP contribution in [0.5, 0.6) is 5.75 Å². The van der Waals surface area contributed by atoms with E-state index < -0.39 is 33.7 Å². The van der Waals surface area contributed by atoms with Gasteiger partial charge in [-0.1, -0.05) is 12.1 Å². The predicted octanol–water partition coefficient (Wildman–Crippen LogP) is 2.80. The quantitative estimate of drug-likeness (QED) is 0.663. The molecular formula is C13H8FNO5. The minimum atomic E-state index is -1.40. The van der Waals surface area contributed by atoms with Crippen LogP contribution in [0.3, 0.4) is 0 Å². The SMILES string of the molecule is O=C(O)c1ccc(-c2ccc(O)c([N+](=O)[O-])c2)cc1F. The number of carboxylic acid groups (broad SMARTS) is 1. The van der Waals surface area contributed by atoms with Gasteiger partial charge in [-0.05, 0) is 29.3 Å². The van der Waals surface area contributed by atoms with Gasteiger partial charge in [0.15, 0.2) is 5.75 Å². The molecule has 2 N–H and O–H groups in total. The van der Waals surface area contributed by atoms with Gasteiger partial charge in [0.2, 0.25) is 0 Å². The summed E-state index contributed by atoms with van der Waals surface area (Å²) in [7, 11) is 0. The van der Waals surface area contributed by atoms with Crippen LogP contribution in [0, 0.1) is 15.9 Å². The Balaban J connectivity index is 2.52. The van der Waals surface area contributed by atoms with Crippen molar-refractivity contribution < 1.29 is 24.3 Å². The average molecular weight is 277 g/mol. The molecule has 2 aromatic rings. The lowest BCUT2D eigenvalue weighted by Crippen LogP contribution is -2.00. The van der Waals surface area contributed by atoms with Crippen LogP contribution in [-0.4, -0.2) is 21.1 Å². The third-order valence-electron chi connectivity index (χ3n) is 2.70. The van der Waals surface area contributed by atoms with Crippen molar-refractivity contribution in [1.82, 2.24) is 0 Å². The van der Waals surface area contributed by atoms with E-state index in [4.69, 9.17) is 5.11 Å². The Hall–Kier alpha value is -2.96. The van der Waals surface area contributed by atoms with Crippen molar-refractivity contribution >= 4 is 11.7 Å². The zero-order chi connectivity index (χ0) is 14.9. The van der Waals surface area contributed by atoms with Crippen molar-refractivity contribution in [2.24, 2.45) is 0 Å². The lowest BCUT2D eigenvalue weighted by molar-refractivity contribution is -0.385. The lowest BCUT2D eigenvalue weighted by Gasteiger charge is -2.05. The molecule has 2 aromatic carbocycles. The Morgan fingerprint density at radius 1 is 1.15 bits per heavy atom. The Bertz CT molecular complexity index is 714. The minimum absolute atomic E-state index is 0.274. The molecule has 7 heteroatoms. The second-order valence-electron chi connectivity index (χ2n) is 3.96. The third kappa shape index (κ3) is 2.41. The molecule has 0 spiro atoms. The third-order valence-corrected chi connectivity index (χ3v) is 2.70. The van der Waals surface area contributed by atoms with Crippen molar-refractivity contribution in [3.05, 3.63) is 57.9 Å². The summed E-state index contributed by atoms with van der Waals surface area (Å²) in [4.78, 5) is 20.6. The number of nitro groups is 1. The molecule has 6 nitrogen and oxygen atoms in total. The number of aromatic carboxylic acids is 1. The maximum Gasteiger partial charge on any atom is 0.338 e. The molecule has 0 aliphatic heterocycles. The number of phenols is 1. The summed E-state index contributed by atoms with van der Waals surface area (Å²) in [6.45, 7) is 0. The van der Waals surface area contributed by atoms with E-state index >= 15 is 0 Å². The first kappa shape index (κ1) is 13.5. The number of halogens is 1. The molecule has 0 atom stereocenters. The van der Waals surface area contributed by atoms with Crippen molar-refractivity contribution in [3.63, 3.8) is 0 Å². The van der Waals surface area contributed by atoms with Crippen LogP contribution in [-0.2, 0) is 0 Å². The summed E-state index contributed by atoms with van der Waals surface area (Å²) >= 11 is 0. The molecule has 0 saturated heterocycles. The van der Waals surface area contributed by atoms with Gasteiger partial charge in [0.25, 0.3) is 0 Å². The van der Waals surface area contributed by atoms with Crippen LogP contribution in [0.15, 0.2) is 36.4 Å². The van der Waals surface area contributed by atoms with Crippen molar-refractivity contribution in [1.29, 1.82) is 0 Å². The predicted molar refractivity (Wildman–Crippen MR) is 67.1 cm³/mol. The van der Waals surface area contributed by atoms with Gasteiger partial charge in [-0.2, -0.15) is 0 Å². The number of rotatable bonds is 3. The summed E-state index contributed by atoms with van der Waals surface area (Å²) < 4.78 is 13.6. The molecule has 0 bridgehead atoms. The van der Waals surface area contributed by atoms with Crippen LogP contribution in [0.4, 0.5) is 10.1 Å². The number of nitro benzene ring substituents is 1. The molecule has 0 saturated carbocycles. The molecule has 0 aliphatic rings. The summed E-state index contributed by atoms with van der Waals surface area (Å²) in [5.41, 5.74) is -0.423. The summed E-state index contributed by atoms with van der Waals surface area (Å²) in [5.74, 6) is -2.84. The molecule has 0 amide bonds. The van der Waals surface area contributed by atoms with Crippen molar-refractivity contribution in [2.75, 3.05) is 0 Å². The van der Waals surface area contributed by atoms with Gasteiger partial charge >= 0.3 is 11.7 Å². The average Bonchev–Trinajstić information content (AvgIpc) is 2.38. The van der Waals surface area contributed by atoms with Gasteiger partial charge in [0.05, 0.1) is 10.5 Å². The van der Waals surface area contributed by atoms with Crippen LogP contribution >= 0.6 is 0 Å². The lowest BCUT2D eigenvalue weighted by atomic mass is 10.0. The monoisotopic (exact) mass is 277 g/mol. The van der Waals surface area contributed by atoms with E-state index in [1.807, 2.05) is 0 Å². The standard InChI is InChI=1S/C13H8FNO5/c14-10-5-7(1-3-9(10)13(17)18)8-2-4-12(16)11(6-8)15(19)20/h1-6,16H,(H,17,18). The first-order valence-corrected chi connectivity index (χ1v) is 5.41. The second kappa shape index (κ2) is 4.96. The minimum Gasteiger partial charge on any atom is -0.502 e. The van der Waals surface area contributed by atoms with Crippen LogP contribution in [0.1, 0.15) is 10.4 Å². The number of phenolic OH excluding ortho intramolecular Hbond substituents is 1. The topological polar surface area (TPSA) is 101 Å². The highest BCUT2D eigenvalue weighted by Gasteiger charge is 2.16. The Morgan fingerprint density at radius 2 is 1.75 bits per heavy atom. The first-order chi connectivity index (χ1) is 9.40. The molecule has 20 heavy (non-hydrogen) atoms. The Morgan fingerprint density at radius 3 is 2.30 bits per heavy atom. The fraction of sp³-hybridized carbons (Fsp3) is 0. The highest BCUT2D eigenvalue weighted by molar-refractivity contribution is 5.88.